The van der Waals surface area contributed by atoms with E-state index in [4.69, 9.17) is 9.47 Å². The van der Waals surface area contributed by atoms with E-state index in [1.807, 2.05) is 24.9 Å². The average molecular weight is 379 g/mol. The molecule has 152 valence electrons. The Kier molecular flexibility index (Phi) is 7.26. The quantitative estimate of drug-likeness (QED) is 0.689. The monoisotopic (exact) mass is 378 g/mol. The van der Waals surface area contributed by atoms with Gasteiger partial charge in [0.15, 0.2) is 5.69 Å². The fraction of sp³-hybridized carbons (Fsp3) is 0.800. The molecule has 3 heterocycles. The van der Waals surface area contributed by atoms with E-state index in [1.54, 1.807) is 11.8 Å². The Labute approximate surface area is 162 Å². The maximum Gasteiger partial charge on any atom is 0.274 e. The summed E-state index contributed by atoms with van der Waals surface area (Å²) in [5.41, 5.74) is 1.55. The molecule has 0 radical (unpaired) electrons. The number of methoxy groups -OCH3 is 1. The molecule has 0 spiro atoms. The lowest BCUT2D eigenvalue weighted by atomic mass is 9.95. The van der Waals surface area contributed by atoms with Crippen LogP contribution in [0.3, 0.4) is 0 Å². The predicted molar refractivity (Wildman–Crippen MR) is 104 cm³/mol. The third kappa shape index (κ3) is 5.53. The zero-order valence-electron chi connectivity index (χ0n) is 17.0. The van der Waals surface area contributed by atoms with Crippen LogP contribution in [0.4, 0.5) is 0 Å². The predicted octanol–water partition coefficient (Wildman–Crippen LogP) is 1.71. The van der Waals surface area contributed by atoms with Gasteiger partial charge in [-0.1, -0.05) is 0 Å². The van der Waals surface area contributed by atoms with Crippen molar-refractivity contribution in [2.75, 3.05) is 53.0 Å². The van der Waals surface area contributed by atoms with Gasteiger partial charge in [-0.3, -0.25) is 9.48 Å². The van der Waals surface area contributed by atoms with Crippen molar-refractivity contribution in [3.8, 4) is 0 Å². The number of carbonyl (C=O) groups is 1. The second-order valence-electron chi connectivity index (χ2n) is 7.92. The van der Waals surface area contributed by atoms with Crippen LogP contribution in [0.15, 0.2) is 6.07 Å². The van der Waals surface area contributed by atoms with Crippen LogP contribution in [0.25, 0.3) is 0 Å². The van der Waals surface area contributed by atoms with Gasteiger partial charge in [-0.15, -0.1) is 0 Å². The van der Waals surface area contributed by atoms with Crippen molar-refractivity contribution in [1.29, 1.82) is 0 Å². The molecule has 0 aromatic carbocycles. The minimum Gasteiger partial charge on any atom is -0.383 e. The van der Waals surface area contributed by atoms with Crippen molar-refractivity contribution in [3.05, 3.63) is 17.5 Å². The van der Waals surface area contributed by atoms with E-state index in [0.29, 0.717) is 18.2 Å². The molecule has 27 heavy (non-hydrogen) atoms. The van der Waals surface area contributed by atoms with Crippen molar-refractivity contribution in [3.63, 3.8) is 0 Å². The lowest BCUT2D eigenvalue weighted by Crippen LogP contribution is -2.44. The fourth-order valence-corrected chi connectivity index (χ4v) is 4.03. The molecule has 0 bridgehead atoms. The first kappa shape index (κ1) is 20.3. The van der Waals surface area contributed by atoms with Gasteiger partial charge in [0, 0.05) is 46.1 Å². The van der Waals surface area contributed by atoms with Crippen LogP contribution in [0.2, 0.25) is 0 Å². The van der Waals surface area contributed by atoms with Crippen LogP contribution in [0, 0.1) is 12.8 Å². The molecular weight excluding hydrogens is 344 g/mol. The Morgan fingerprint density at radius 2 is 2.11 bits per heavy atom. The first-order valence-corrected chi connectivity index (χ1v) is 10.2. The van der Waals surface area contributed by atoms with Gasteiger partial charge >= 0.3 is 0 Å². The molecule has 1 aromatic heterocycles. The van der Waals surface area contributed by atoms with Gasteiger partial charge < -0.3 is 19.3 Å². The molecule has 1 aromatic rings. The molecule has 7 nitrogen and oxygen atoms in total. The molecule has 2 fully saturated rings. The number of amides is 1. The molecule has 2 aliphatic heterocycles. The van der Waals surface area contributed by atoms with Gasteiger partial charge in [0.25, 0.3) is 5.91 Å². The van der Waals surface area contributed by atoms with E-state index < -0.39 is 0 Å². The number of nitrogens with zero attached hydrogens (tertiary/aromatic N) is 4. The topological polar surface area (TPSA) is 59.8 Å². The third-order valence-corrected chi connectivity index (χ3v) is 5.87. The molecule has 0 aliphatic carbocycles. The molecule has 1 amide bonds. The molecule has 0 saturated carbocycles. The van der Waals surface area contributed by atoms with E-state index in [-0.39, 0.29) is 12.0 Å². The van der Waals surface area contributed by atoms with Crippen LogP contribution >= 0.6 is 0 Å². The standard InChI is InChI=1S/C20H34N4O3/c1-16-13-19(21-22(16)2)20(25)24(15-18-5-4-11-27-18)14-17-6-8-23(9-7-17)10-12-26-3/h13,17-18H,4-12,14-15H2,1-3H3. The molecule has 1 atom stereocenters. The van der Waals surface area contributed by atoms with Crippen molar-refractivity contribution >= 4 is 5.91 Å². The third-order valence-electron chi connectivity index (χ3n) is 5.87. The van der Waals surface area contributed by atoms with Gasteiger partial charge in [-0.05, 0) is 57.7 Å². The number of hydrogen-bond acceptors (Lipinski definition) is 5. The van der Waals surface area contributed by atoms with Gasteiger partial charge in [-0.2, -0.15) is 5.10 Å². The number of aromatic nitrogens is 2. The van der Waals surface area contributed by atoms with Crippen LogP contribution in [0.5, 0.6) is 0 Å². The molecule has 0 N–H and O–H groups in total. The Bertz CT molecular complexity index is 585. The fourth-order valence-electron chi connectivity index (χ4n) is 4.03. The summed E-state index contributed by atoms with van der Waals surface area (Å²) >= 11 is 0. The van der Waals surface area contributed by atoms with E-state index in [1.165, 1.54) is 0 Å². The highest BCUT2D eigenvalue weighted by Crippen LogP contribution is 2.21. The highest BCUT2D eigenvalue weighted by molar-refractivity contribution is 5.92. The molecular formula is C20H34N4O3. The maximum atomic E-state index is 13.1. The Hall–Kier alpha value is -1.44. The highest BCUT2D eigenvalue weighted by Gasteiger charge is 2.28. The maximum absolute atomic E-state index is 13.1. The van der Waals surface area contributed by atoms with Crippen molar-refractivity contribution in [2.24, 2.45) is 13.0 Å². The van der Waals surface area contributed by atoms with E-state index in [9.17, 15) is 4.79 Å². The van der Waals surface area contributed by atoms with Crippen LogP contribution < -0.4 is 0 Å². The average Bonchev–Trinajstić information content (AvgIpc) is 3.30. The smallest absolute Gasteiger partial charge is 0.274 e. The summed E-state index contributed by atoms with van der Waals surface area (Å²) < 4.78 is 12.8. The number of rotatable bonds is 8. The van der Waals surface area contributed by atoms with Gasteiger partial charge in [0.2, 0.25) is 0 Å². The minimum absolute atomic E-state index is 0.0380. The van der Waals surface area contributed by atoms with Crippen LogP contribution in [0.1, 0.15) is 41.9 Å². The number of carbonyl (C=O) groups excluding carboxylic acids is 1. The number of ether oxygens (including phenoxy) is 2. The molecule has 7 heteroatoms. The summed E-state index contributed by atoms with van der Waals surface area (Å²) in [4.78, 5) is 17.6. The van der Waals surface area contributed by atoms with E-state index in [2.05, 4.69) is 10.00 Å². The van der Waals surface area contributed by atoms with Gasteiger partial charge in [0.1, 0.15) is 0 Å². The number of aryl methyl sites for hydroxylation is 2. The second kappa shape index (κ2) is 9.66. The Balaban J connectivity index is 1.61. The molecule has 2 aliphatic rings. The summed E-state index contributed by atoms with van der Waals surface area (Å²) in [5.74, 6) is 0.579. The largest absolute Gasteiger partial charge is 0.383 e. The van der Waals surface area contributed by atoms with Crippen molar-refractivity contribution < 1.29 is 14.3 Å². The highest BCUT2D eigenvalue weighted by atomic mass is 16.5. The Morgan fingerprint density at radius 1 is 1.33 bits per heavy atom. The van der Waals surface area contributed by atoms with Crippen LogP contribution in [-0.4, -0.2) is 84.6 Å². The summed E-state index contributed by atoms with van der Waals surface area (Å²) in [7, 11) is 3.63. The molecule has 1 unspecified atom stereocenters. The van der Waals surface area contributed by atoms with Crippen molar-refractivity contribution in [2.45, 2.75) is 38.7 Å². The first-order chi connectivity index (χ1) is 13.1. The molecule has 2 saturated heterocycles. The Morgan fingerprint density at radius 3 is 2.70 bits per heavy atom. The SMILES string of the molecule is COCCN1CCC(CN(CC2CCCO2)C(=O)c2cc(C)n(C)n2)CC1. The van der Waals surface area contributed by atoms with E-state index >= 15 is 0 Å². The van der Waals surface area contributed by atoms with Gasteiger partial charge in [0.05, 0.1) is 12.7 Å². The summed E-state index contributed by atoms with van der Waals surface area (Å²) in [6, 6.07) is 1.89. The minimum atomic E-state index is 0.0380. The lowest BCUT2D eigenvalue weighted by molar-refractivity contribution is 0.0432. The number of hydrogen-bond donors (Lipinski definition) is 0. The summed E-state index contributed by atoms with van der Waals surface area (Å²) in [6.07, 6.45) is 4.55. The summed E-state index contributed by atoms with van der Waals surface area (Å²) in [6.45, 7) is 8.21. The van der Waals surface area contributed by atoms with Crippen molar-refractivity contribution in [1.82, 2.24) is 19.6 Å². The lowest BCUT2D eigenvalue weighted by Gasteiger charge is -2.35. The second-order valence-corrected chi connectivity index (χ2v) is 7.92. The van der Waals surface area contributed by atoms with E-state index in [0.717, 1.165) is 70.8 Å². The molecule has 3 rings (SSSR count). The number of likely N-dealkylation sites (tertiary alicyclic amines) is 1. The summed E-state index contributed by atoms with van der Waals surface area (Å²) in [5, 5.41) is 4.41. The zero-order chi connectivity index (χ0) is 19.2. The first-order valence-electron chi connectivity index (χ1n) is 10.2. The van der Waals surface area contributed by atoms with Crippen LogP contribution in [-0.2, 0) is 16.5 Å². The normalized spacial score (nSPS) is 21.7. The number of piperidine rings is 1. The zero-order valence-corrected chi connectivity index (χ0v) is 17.0. The van der Waals surface area contributed by atoms with Gasteiger partial charge in [-0.25, -0.2) is 0 Å².